The summed E-state index contributed by atoms with van der Waals surface area (Å²) in [5.41, 5.74) is 2.20. The first-order chi connectivity index (χ1) is 9.79. The van der Waals surface area contributed by atoms with Crippen LogP contribution in [-0.4, -0.2) is 8.42 Å². The number of halogens is 2. The van der Waals surface area contributed by atoms with E-state index in [1.807, 2.05) is 6.92 Å². The lowest BCUT2D eigenvalue weighted by molar-refractivity contribution is 0.576. The summed E-state index contributed by atoms with van der Waals surface area (Å²) in [5.74, 6) is -0.580. The van der Waals surface area contributed by atoms with Crippen LogP contribution in [0.5, 0.6) is 0 Å². The summed E-state index contributed by atoms with van der Waals surface area (Å²) in [6.45, 7) is 3.60. The minimum Gasteiger partial charge on any atom is -0.207 e. The molecule has 6 heteroatoms. The molecule has 112 valence electrons. The van der Waals surface area contributed by atoms with E-state index in [1.54, 1.807) is 25.1 Å². The quantitative estimate of drug-likeness (QED) is 0.933. The van der Waals surface area contributed by atoms with E-state index in [0.717, 1.165) is 17.2 Å². The first-order valence-corrected chi connectivity index (χ1v) is 8.16. The van der Waals surface area contributed by atoms with Crippen LogP contribution in [0.15, 0.2) is 41.3 Å². The van der Waals surface area contributed by atoms with Crippen LogP contribution in [0, 0.1) is 19.7 Å². The van der Waals surface area contributed by atoms with Crippen LogP contribution in [0.2, 0.25) is 5.02 Å². The molecule has 0 radical (unpaired) electrons. The van der Waals surface area contributed by atoms with E-state index in [-0.39, 0.29) is 11.4 Å². The van der Waals surface area contributed by atoms with Gasteiger partial charge in [0.05, 0.1) is 4.90 Å². The van der Waals surface area contributed by atoms with Crippen molar-refractivity contribution in [2.24, 2.45) is 0 Å². The van der Waals surface area contributed by atoms with Crippen LogP contribution in [0.25, 0.3) is 0 Å². The van der Waals surface area contributed by atoms with Crippen LogP contribution < -0.4 is 4.72 Å². The monoisotopic (exact) mass is 327 g/mol. The SMILES string of the molecule is Cc1cc(Cl)ccc1CNS(=O)(=O)c1cc(F)ccc1C. The zero-order valence-electron chi connectivity index (χ0n) is 11.7. The standard InChI is InChI=1S/C15H15ClFNO2S/c1-10-3-6-14(17)8-15(10)21(19,20)18-9-12-4-5-13(16)7-11(12)2/h3-8,18H,9H2,1-2H3. The number of benzene rings is 2. The van der Waals surface area contributed by atoms with Crippen molar-refractivity contribution in [3.63, 3.8) is 0 Å². The Labute approximate surface area is 128 Å². The van der Waals surface area contributed by atoms with Crippen molar-refractivity contribution in [3.05, 3.63) is 63.9 Å². The van der Waals surface area contributed by atoms with E-state index in [9.17, 15) is 12.8 Å². The zero-order chi connectivity index (χ0) is 15.6. The molecule has 0 spiro atoms. The maximum absolute atomic E-state index is 13.2. The molecule has 0 amide bonds. The van der Waals surface area contributed by atoms with Gasteiger partial charge in [0, 0.05) is 11.6 Å². The number of hydrogen-bond acceptors (Lipinski definition) is 2. The first kappa shape index (κ1) is 15.9. The van der Waals surface area contributed by atoms with Crippen LogP contribution in [-0.2, 0) is 16.6 Å². The highest BCUT2D eigenvalue weighted by atomic mass is 35.5. The van der Waals surface area contributed by atoms with Gasteiger partial charge in [0.15, 0.2) is 0 Å². The third-order valence-corrected chi connectivity index (χ3v) is 4.98. The summed E-state index contributed by atoms with van der Waals surface area (Å²) < 4.78 is 40.2. The van der Waals surface area contributed by atoms with Crippen LogP contribution in [0.1, 0.15) is 16.7 Å². The van der Waals surface area contributed by atoms with Gasteiger partial charge in [-0.05, 0) is 54.8 Å². The molecule has 0 bridgehead atoms. The van der Waals surface area contributed by atoms with Crippen molar-refractivity contribution in [2.45, 2.75) is 25.3 Å². The molecule has 0 aliphatic rings. The molecular formula is C15H15ClFNO2S. The molecule has 0 saturated carbocycles. The summed E-state index contributed by atoms with van der Waals surface area (Å²) in [5, 5.41) is 0.597. The molecule has 0 aliphatic heterocycles. The van der Waals surface area contributed by atoms with E-state index in [2.05, 4.69) is 4.72 Å². The molecule has 2 rings (SSSR count). The normalized spacial score (nSPS) is 11.6. The fourth-order valence-corrected chi connectivity index (χ4v) is 3.46. The minimum atomic E-state index is -3.76. The Morgan fingerprint density at radius 1 is 1.10 bits per heavy atom. The second-order valence-corrected chi connectivity index (χ2v) is 6.98. The van der Waals surface area contributed by atoms with Crippen LogP contribution >= 0.6 is 11.6 Å². The Balaban J connectivity index is 2.24. The van der Waals surface area contributed by atoms with E-state index >= 15 is 0 Å². The molecule has 2 aromatic rings. The molecule has 0 unspecified atom stereocenters. The van der Waals surface area contributed by atoms with Crippen molar-refractivity contribution in [1.29, 1.82) is 0 Å². The molecule has 21 heavy (non-hydrogen) atoms. The Morgan fingerprint density at radius 3 is 2.48 bits per heavy atom. The highest BCUT2D eigenvalue weighted by Gasteiger charge is 2.17. The molecular weight excluding hydrogens is 313 g/mol. The smallest absolute Gasteiger partial charge is 0.207 e. The van der Waals surface area contributed by atoms with Gasteiger partial charge in [0.1, 0.15) is 5.82 Å². The highest BCUT2D eigenvalue weighted by molar-refractivity contribution is 7.89. The molecule has 0 aliphatic carbocycles. The minimum absolute atomic E-state index is 0.0471. The summed E-state index contributed by atoms with van der Waals surface area (Å²) in [4.78, 5) is -0.0471. The third-order valence-electron chi connectivity index (χ3n) is 3.20. The van der Waals surface area contributed by atoms with Gasteiger partial charge in [0.2, 0.25) is 10.0 Å². The van der Waals surface area contributed by atoms with Gasteiger partial charge in [-0.1, -0.05) is 23.7 Å². The van der Waals surface area contributed by atoms with Gasteiger partial charge >= 0.3 is 0 Å². The summed E-state index contributed by atoms with van der Waals surface area (Å²) in [6.07, 6.45) is 0. The Morgan fingerprint density at radius 2 is 1.81 bits per heavy atom. The summed E-state index contributed by atoms with van der Waals surface area (Å²) >= 11 is 5.86. The first-order valence-electron chi connectivity index (χ1n) is 6.30. The zero-order valence-corrected chi connectivity index (χ0v) is 13.2. The highest BCUT2D eigenvalue weighted by Crippen LogP contribution is 2.18. The van der Waals surface area contributed by atoms with Gasteiger partial charge in [0.25, 0.3) is 0 Å². The van der Waals surface area contributed by atoms with Crippen molar-refractivity contribution in [2.75, 3.05) is 0 Å². The van der Waals surface area contributed by atoms with Crippen molar-refractivity contribution in [1.82, 2.24) is 4.72 Å². The van der Waals surface area contributed by atoms with Crippen LogP contribution in [0.3, 0.4) is 0 Å². The lowest BCUT2D eigenvalue weighted by Crippen LogP contribution is -2.24. The molecule has 1 N–H and O–H groups in total. The molecule has 0 heterocycles. The topological polar surface area (TPSA) is 46.2 Å². The number of hydrogen-bond donors (Lipinski definition) is 1. The Hall–Kier alpha value is -1.43. The average Bonchev–Trinajstić information content (AvgIpc) is 2.40. The van der Waals surface area contributed by atoms with Crippen molar-refractivity contribution < 1.29 is 12.8 Å². The second kappa shape index (κ2) is 6.13. The summed E-state index contributed by atoms with van der Waals surface area (Å²) in [6, 6.07) is 8.92. The fraction of sp³-hybridized carbons (Fsp3) is 0.200. The number of aryl methyl sites for hydroxylation is 2. The van der Waals surface area contributed by atoms with Gasteiger partial charge in [-0.25, -0.2) is 17.5 Å². The molecule has 2 aromatic carbocycles. The van der Waals surface area contributed by atoms with E-state index in [1.165, 1.54) is 12.1 Å². The Bertz CT molecular complexity index is 775. The van der Waals surface area contributed by atoms with Crippen LogP contribution in [0.4, 0.5) is 4.39 Å². The maximum atomic E-state index is 13.2. The number of rotatable bonds is 4. The third kappa shape index (κ3) is 3.81. The lowest BCUT2D eigenvalue weighted by atomic mass is 10.1. The number of sulfonamides is 1. The molecule has 0 fully saturated rings. The van der Waals surface area contributed by atoms with Gasteiger partial charge in [-0.2, -0.15) is 0 Å². The van der Waals surface area contributed by atoms with E-state index < -0.39 is 15.8 Å². The second-order valence-electron chi connectivity index (χ2n) is 4.81. The van der Waals surface area contributed by atoms with Gasteiger partial charge in [-0.3, -0.25) is 0 Å². The molecule has 3 nitrogen and oxygen atoms in total. The lowest BCUT2D eigenvalue weighted by Gasteiger charge is -2.11. The van der Waals surface area contributed by atoms with Crippen molar-refractivity contribution in [3.8, 4) is 0 Å². The summed E-state index contributed by atoms with van der Waals surface area (Å²) in [7, 11) is -3.76. The average molecular weight is 328 g/mol. The molecule has 0 saturated heterocycles. The Kier molecular flexibility index (Phi) is 4.66. The molecule has 0 aromatic heterocycles. The predicted octanol–water partition coefficient (Wildman–Crippen LogP) is 3.57. The van der Waals surface area contributed by atoms with Gasteiger partial charge in [-0.15, -0.1) is 0 Å². The van der Waals surface area contributed by atoms with Crippen molar-refractivity contribution >= 4 is 21.6 Å². The van der Waals surface area contributed by atoms with E-state index in [0.29, 0.717) is 10.6 Å². The predicted molar refractivity (Wildman–Crippen MR) is 81.4 cm³/mol. The largest absolute Gasteiger partial charge is 0.241 e. The van der Waals surface area contributed by atoms with Gasteiger partial charge < -0.3 is 0 Å². The maximum Gasteiger partial charge on any atom is 0.241 e. The number of nitrogens with one attached hydrogen (secondary N) is 1. The van der Waals surface area contributed by atoms with E-state index in [4.69, 9.17) is 11.6 Å². The fourth-order valence-electron chi connectivity index (χ4n) is 1.97. The molecule has 0 atom stereocenters.